The topological polar surface area (TPSA) is 39.1 Å². The summed E-state index contributed by atoms with van der Waals surface area (Å²) in [6.07, 6.45) is 4.40. The van der Waals surface area contributed by atoms with Gasteiger partial charge in [-0.25, -0.2) is 0 Å². The quantitative estimate of drug-likeness (QED) is 0.621. The highest BCUT2D eigenvalue weighted by molar-refractivity contribution is 4.70. The van der Waals surface area contributed by atoms with Crippen molar-refractivity contribution in [1.29, 1.82) is 5.26 Å². The molecule has 1 saturated heterocycles. The first-order valence-electron chi connectivity index (χ1n) is 5.23. The highest BCUT2D eigenvalue weighted by Gasteiger charge is 2.09. The van der Waals surface area contributed by atoms with Gasteiger partial charge in [0.2, 0.25) is 0 Å². The third kappa shape index (κ3) is 4.87. The zero-order valence-corrected chi connectivity index (χ0v) is 8.26. The molecular formula is C10H19N3. The van der Waals surface area contributed by atoms with E-state index < -0.39 is 0 Å². The lowest BCUT2D eigenvalue weighted by atomic mass is 10.3. The molecule has 0 aliphatic carbocycles. The van der Waals surface area contributed by atoms with Crippen molar-refractivity contribution in [3.63, 3.8) is 0 Å². The van der Waals surface area contributed by atoms with Gasteiger partial charge in [-0.05, 0) is 38.9 Å². The number of unbranched alkanes of at least 4 members (excludes halogenated alkanes) is 1. The predicted molar refractivity (Wildman–Crippen MR) is 53.4 cm³/mol. The first kappa shape index (κ1) is 10.5. The van der Waals surface area contributed by atoms with E-state index >= 15 is 0 Å². The van der Waals surface area contributed by atoms with Crippen molar-refractivity contribution in [2.24, 2.45) is 0 Å². The highest BCUT2D eigenvalue weighted by atomic mass is 15.1. The Kier molecular flexibility index (Phi) is 5.55. The summed E-state index contributed by atoms with van der Waals surface area (Å²) < 4.78 is 0. The third-order valence-corrected chi connectivity index (χ3v) is 2.45. The molecule has 1 heterocycles. The van der Waals surface area contributed by atoms with Gasteiger partial charge >= 0.3 is 0 Å². The average Bonchev–Trinajstić information content (AvgIpc) is 2.63. The molecule has 0 radical (unpaired) electrons. The molecule has 0 amide bonds. The van der Waals surface area contributed by atoms with E-state index in [9.17, 15) is 0 Å². The number of nitrogens with zero attached hydrogens (tertiary/aromatic N) is 2. The standard InChI is InChI=1S/C10H19N3/c11-5-1-2-6-12-7-10-13-8-3-4-9-13/h12H,1-4,6-10H2. The van der Waals surface area contributed by atoms with Crippen molar-refractivity contribution in [3.05, 3.63) is 0 Å². The predicted octanol–water partition coefficient (Wildman–Crippen LogP) is 0.976. The van der Waals surface area contributed by atoms with Gasteiger partial charge < -0.3 is 10.2 Å². The molecule has 0 atom stereocenters. The zero-order chi connectivity index (χ0) is 9.36. The largest absolute Gasteiger partial charge is 0.315 e. The van der Waals surface area contributed by atoms with Gasteiger partial charge in [-0.1, -0.05) is 0 Å². The molecule has 1 rings (SSSR count). The van der Waals surface area contributed by atoms with Gasteiger partial charge in [0.15, 0.2) is 0 Å². The summed E-state index contributed by atoms with van der Waals surface area (Å²) in [6.45, 7) is 5.79. The smallest absolute Gasteiger partial charge is 0.0622 e. The zero-order valence-electron chi connectivity index (χ0n) is 8.26. The average molecular weight is 181 g/mol. The Labute approximate surface area is 80.7 Å². The van der Waals surface area contributed by atoms with E-state index in [-0.39, 0.29) is 0 Å². The molecule has 3 heteroatoms. The first-order chi connectivity index (χ1) is 6.43. The van der Waals surface area contributed by atoms with Crippen LogP contribution in [0.4, 0.5) is 0 Å². The van der Waals surface area contributed by atoms with Crippen LogP contribution in [0, 0.1) is 11.3 Å². The molecule has 13 heavy (non-hydrogen) atoms. The van der Waals surface area contributed by atoms with E-state index in [1.54, 1.807) is 0 Å². The normalized spacial score (nSPS) is 17.5. The Hall–Kier alpha value is -0.590. The lowest BCUT2D eigenvalue weighted by Gasteiger charge is -2.14. The Bertz CT molecular complexity index is 156. The fourth-order valence-electron chi connectivity index (χ4n) is 1.66. The fraction of sp³-hybridized carbons (Fsp3) is 0.900. The summed E-state index contributed by atoms with van der Waals surface area (Å²) in [6, 6.07) is 2.15. The maximum atomic E-state index is 8.31. The molecule has 1 N–H and O–H groups in total. The van der Waals surface area contributed by atoms with Gasteiger partial charge in [0.05, 0.1) is 6.07 Å². The minimum absolute atomic E-state index is 0.677. The molecule has 1 fully saturated rings. The van der Waals surface area contributed by atoms with E-state index in [1.165, 1.54) is 32.5 Å². The summed E-state index contributed by atoms with van der Waals surface area (Å²) >= 11 is 0. The van der Waals surface area contributed by atoms with Crippen LogP contribution in [-0.2, 0) is 0 Å². The van der Waals surface area contributed by atoms with E-state index in [0.717, 1.165) is 19.5 Å². The molecule has 0 spiro atoms. The summed E-state index contributed by atoms with van der Waals surface area (Å²) in [5.41, 5.74) is 0. The number of hydrogen-bond acceptors (Lipinski definition) is 3. The van der Waals surface area contributed by atoms with Crippen molar-refractivity contribution in [2.75, 3.05) is 32.7 Å². The number of rotatable bonds is 6. The van der Waals surface area contributed by atoms with Gasteiger partial charge in [-0.3, -0.25) is 0 Å². The highest BCUT2D eigenvalue weighted by Crippen LogP contribution is 2.05. The van der Waals surface area contributed by atoms with Crippen molar-refractivity contribution in [2.45, 2.75) is 25.7 Å². The van der Waals surface area contributed by atoms with Crippen LogP contribution in [0.1, 0.15) is 25.7 Å². The molecule has 0 unspecified atom stereocenters. The van der Waals surface area contributed by atoms with Gasteiger partial charge in [-0.2, -0.15) is 5.26 Å². The molecule has 0 aromatic rings. The minimum atomic E-state index is 0.677. The molecule has 1 aliphatic heterocycles. The van der Waals surface area contributed by atoms with Gasteiger partial charge in [0, 0.05) is 19.5 Å². The molecule has 3 nitrogen and oxygen atoms in total. The van der Waals surface area contributed by atoms with Crippen LogP contribution < -0.4 is 5.32 Å². The van der Waals surface area contributed by atoms with Crippen molar-refractivity contribution >= 4 is 0 Å². The fourth-order valence-corrected chi connectivity index (χ4v) is 1.66. The maximum Gasteiger partial charge on any atom is 0.0622 e. The van der Waals surface area contributed by atoms with Gasteiger partial charge in [0.25, 0.3) is 0 Å². The molecule has 0 saturated carbocycles. The first-order valence-corrected chi connectivity index (χ1v) is 5.23. The summed E-state index contributed by atoms with van der Waals surface area (Å²) in [5, 5.41) is 11.7. The summed E-state index contributed by atoms with van der Waals surface area (Å²) in [7, 11) is 0. The monoisotopic (exact) mass is 181 g/mol. The van der Waals surface area contributed by atoms with Gasteiger partial charge in [0.1, 0.15) is 0 Å². The van der Waals surface area contributed by atoms with E-state index in [0.29, 0.717) is 6.42 Å². The summed E-state index contributed by atoms with van der Waals surface area (Å²) in [4.78, 5) is 2.50. The SMILES string of the molecule is N#CCCCNCCN1CCCC1. The van der Waals surface area contributed by atoms with Crippen LogP contribution in [0.3, 0.4) is 0 Å². The molecule has 0 aromatic carbocycles. The minimum Gasteiger partial charge on any atom is -0.315 e. The van der Waals surface area contributed by atoms with Crippen molar-refractivity contribution < 1.29 is 0 Å². The van der Waals surface area contributed by atoms with Crippen molar-refractivity contribution in [3.8, 4) is 6.07 Å². The maximum absolute atomic E-state index is 8.31. The number of nitriles is 1. The Balaban J connectivity index is 1.81. The number of hydrogen-bond donors (Lipinski definition) is 1. The van der Waals surface area contributed by atoms with Crippen LogP contribution in [0.2, 0.25) is 0 Å². The number of likely N-dealkylation sites (tertiary alicyclic amines) is 1. The van der Waals surface area contributed by atoms with Gasteiger partial charge in [-0.15, -0.1) is 0 Å². The Morgan fingerprint density at radius 1 is 1.23 bits per heavy atom. The molecule has 0 bridgehead atoms. The lowest BCUT2D eigenvalue weighted by Crippen LogP contribution is -2.30. The van der Waals surface area contributed by atoms with Crippen LogP contribution in [0.25, 0.3) is 0 Å². The lowest BCUT2D eigenvalue weighted by molar-refractivity contribution is 0.336. The molecule has 74 valence electrons. The summed E-state index contributed by atoms with van der Waals surface area (Å²) in [5.74, 6) is 0. The van der Waals surface area contributed by atoms with E-state index in [4.69, 9.17) is 5.26 Å². The van der Waals surface area contributed by atoms with E-state index in [2.05, 4.69) is 16.3 Å². The second kappa shape index (κ2) is 6.88. The Morgan fingerprint density at radius 2 is 2.00 bits per heavy atom. The third-order valence-electron chi connectivity index (χ3n) is 2.45. The number of nitrogens with one attached hydrogen (secondary N) is 1. The van der Waals surface area contributed by atoms with Crippen molar-refractivity contribution in [1.82, 2.24) is 10.2 Å². The second-order valence-corrected chi connectivity index (χ2v) is 3.56. The molecular weight excluding hydrogens is 162 g/mol. The molecule has 0 aromatic heterocycles. The van der Waals surface area contributed by atoms with Crippen LogP contribution in [-0.4, -0.2) is 37.6 Å². The Morgan fingerprint density at radius 3 is 2.69 bits per heavy atom. The molecule has 1 aliphatic rings. The van der Waals surface area contributed by atoms with E-state index in [1.807, 2.05) is 0 Å². The van der Waals surface area contributed by atoms with Crippen LogP contribution >= 0.6 is 0 Å². The van der Waals surface area contributed by atoms with Crippen LogP contribution in [0.5, 0.6) is 0 Å². The second-order valence-electron chi connectivity index (χ2n) is 3.56. The van der Waals surface area contributed by atoms with Crippen LogP contribution in [0.15, 0.2) is 0 Å².